The maximum Gasteiger partial charge on any atom is 0.299 e. The zero-order valence-corrected chi connectivity index (χ0v) is 26.3. The summed E-state index contributed by atoms with van der Waals surface area (Å²) in [5.41, 5.74) is 6.39. The van der Waals surface area contributed by atoms with Crippen LogP contribution in [0.15, 0.2) is 156 Å². The third kappa shape index (κ3) is 5.14. The molecule has 8 aromatic rings. The molecule has 0 spiro atoms. The van der Waals surface area contributed by atoms with Crippen molar-refractivity contribution in [2.75, 3.05) is 0 Å². The largest absolute Gasteiger partial charge is 0.416 e. The average molecular weight is 654 g/mol. The monoisotopic (exact) mass is 653 g/mol. The molecule has 9 rings (SSSR count). The summed E-state index contributed by atoms with van der Waals surface area (Å²) >= 11 is 0. The van der Waals surface area contributed by atoms with Crippen LogP contribution in [-0.2, 0) is 5.92 Å². The van der Waals surface area contributed by atoms with Gasteiger partial charge < -0.3 is 4.42 Å². The molecule has 238 valence electrons. The van der Waals surface area contributed by atoms with Crippen LogP contribution >= 0.6 is 0 Å². The van der Waals surface area contributed by atoms with Gasteiger partial charge in [-0.05, 0) is 58.7 Å². The van der Waals surface area contributed by atoms with E-state index in [1.165, 1.54) is 12.1 Å². The second kappa shape index (κ2) is 11.8. The maximum absolute atomic E-state index is 15.9. The molecule has 0 saturated carbocycles. The first-order valence-electron chi connectivity index (χ1n) is 16.1. The van der Waals surface area contributed by atoms with Crippen molar-refractivity contribution in [2.24, 2.45) is 0 Å². The molecule has 0 N–H and O–H groups in total. The van der Waals surface area contributed by atoms with Gasteiger partial charge in [-0.3, -0.25) is 0 Å². The topological polar surface area (TPSA) is 77.6 Å². The number of aromatic nitrogens is 5. The number of nitrogens with zero attached hydrogens (tertiary/aromatic N) is 5. The van der Waals surface area contributed by atoms with E-state index in [9.17, 15) is 0 Å². The molecular formula is C42H25F2N5O. The molecule has 50 heavy (non-hydrogen) atoms. The molecule has 8 heteroatoms. The minimum atomic E-state index is -3.15. The average Bonchev–Trinajstić information content (AvgIpc) is 3.77. The molecule has 0 amide bonds. The van der Waals surface area contributed by atoms with Gasteiger partial charge in [-0.15, -0.1) is 10.2 Å². The smallest absolute Gasteiger partial charge is 0.299 e. The summed E-state index contributed by atoms with van der Waals surface area (Å²) in [4.78, 5) is 14.4. The molecule has 0 radical (unpaired) electrons. The van der Waals surface area contributed by atoms with E-state index in [0.29, 0.717) is 45.9 Å². The number of benzene rings is 6. The van der Waals surface area contributed by atoms with E-state index in [2.05, 4.69) is 10.2 Å². The predicted octanol–water partition coefficient (Wildman–Crippen LogP) is 10.4. The molecule has 0 unspecified atom stereocenters. The fourth-order valence-corrected chi connectivity index (χ4v) is 6.33. The quantitative estimate of drug-likeness (QED) is 0.178. The molecule has 6 nitrogen and oxygen atoms in total. The summed E-state index contributed by atoms with van der Waals surface area (Å²) in [5, 5.41) is 8.40. The van der Waals surface area contributed by atoms with Gasteiger partial charge in [0.25, 0.3) is 5.92 Å². The molecule has 1 aliphatic carbocycles. The van der Waals surface area contributed by atoms with Crippen molar-refractivity contribution in [3.63, 3.8) is 0 Å². The zero-order chi connectivity index (χ0) is 33.7. The van der Waals surface area contributed by atoms with E-state index in [1.54, 1.807) is 18.2 Å². The highest BCUT2D eigenvalue weighted by molar-refractivity contribution is 5.86. The van der Waals surface area contributed by atoms with Crippen LogP contribution in [0.4, 0.5) is 8.78 Å². The van der Waals surface area contributed by atoms with Gasteiger partial charge in [0.05, 0.1) is 0 Å². The van der Waals surface area contributed by atoms with Gasteiger partial charge in [-0.1, -0.05) is 115 Å². The van der Waals surface area contributed by atoms with Crippen LogP contribution in [0.3, 0.4) is 0 Å². The molecule has 0 fully saturated rings. The van der Waals surface area contributed by atoms with Crippen LogP contribution in [0.2, 0.25) is 0 Å². The summed E-state index contributed by atoms with van der Waals surface area (Å²) in [5.74, 6) is -0.905. The Morgan fingerprint density at radius 1 is 0.380 bits per heavy atom. The Bertz CT molecular complexity index is 2440. The molecule has 6 aromatic carbocycles. The lowest BCUT2D eigenvalue weighted by molar-refractivity contribution is 0.0480. The second-order valence-electron chi connectivity index (χ2n) is 12.0. The first-order valence-corrected chi connectivity index (χ1v) is 16.1. The van der Waals surface area contributed by atoms with Gasteiger partial charge in [0.1, 0.15) is 0 Å². The summed E-state index contributed by atoms with van der Waals surface area (Å²) < 4.78 is 37.7. The first kappa shape index (κ1) is 29.5. The minimum absolute atomic E-state index is 0.0325. The van der Waals surface area contributed by atoms with Gasteiger partial charge in [-0.2, -0.15) is 8.78 Å². The molecule has 2 heterocycles. The molecule has 0 saturated heterocycles. The van der Waals surface area contributed by atoms with Crippen molar-refractivity contribution in [2.45, 2.75) is 5.92 Å². The number of hydrogen-bond donors (Lipinski definition) is 0. The lowest BCUT2D eigenvalue weighted by atomic mass is 9.97. The Balaban J connectivity index is 1.09. The van der Waals surface area contributed by atoms with Gasteiger partial charge in [0.15, 0.2) is 17.5 Å². The van der Waals surface area contributed by atoms with E-state index in [-0.39, 0.29) is 11.1 Å². The molecule has 1 aliphatic rings. The van der Waals surface area contributed by atoms with Crippen molar-refractivity contribution >= 4 is 0 Å². The Hall–Kier alpha value is -6.67. The van der Waals surface area contributed by atoms with Crippen LogP contribution in [0.5, 0.6) is 0 Å². The third-order valence-electron chi connectivity index (χ3n) is 8.87. The zero-order valence-electron chi connectivity index (χ0n) is 26.3. The molecule has 0 atom stereocenters. The third-order valence-corrected chi connectivity index (χ3v) is 8.87. The van der Waals surface area contributed by atoms with E-state index in [0.717, 1.165) is 33.4 Å². The van der Waals surface area contributed by atoms with Crippen LogP contribution in [0, 0.1) is 0 Å². The molecule has 0 aliphatic heterocycles. The summed E-state index contributed by atoms with van der Waals surface area (Å²) in [6.07, 6.45) is 0. The second-order valence-corrected chi connectivity index (χ2v) is 12.0. The van der Waals surface area contributed by atoms with Crippen LogP contribution in [0.1, 0.15) is 11.1 Å². The van der Waals surface area contributed by atoms with Crippen molar-refractivity contribution < 1.29 is 13.2 Å². The molecule has 0 bridgehead atoms. The van der Waals surface area contributed by atoms with E-state index in [4.69, 9.17) is 19.4 Å². The van der Waals surface area contributed by atoms with Gasteiger partial charge >= 0.3 is 0 Å². The standard InChI is InChI=1S/C42H25F2N5O/c43-42(44)35-22-20-31(26-16-18-30(19-17-26)41-49-48-40(50-41)29-14-8-3-9-15-29)24-33(35)34-25-32(21-23-36(34)42)39-46-37(27-10-4-1-5-11-27)45-38(47-39)28-12-6-2-7-13-28/h1-25H. The molecule has 2 aromatic heterocycles. The maximum atomic E-state index is 15.9. The summed E-state index contributed by atoms with van der Waals surface area (Å²) in [6.45, 7) is 0. The number of halogens is 2. The van der Waals surface area contributed by atoms with Crippen LogP contribution in [0.25, 0.3) is 79.3 Å². The highest BCUT2D eigenvalue weighted by Gasteiger charge is 2.44. The van der Waals surface area contributed by atoms with Crippen LogP contribution in [-0.4, -0.2) is 25.1 Å². The number of hydrogen-bond acceptors (Lipinski definition) is 6. The van der Waals surface area contributed by atoms with E-state index in [1.807, 2.05) is 121 Å². The minimum Gasteiger partial charge on any atom is -0.416 e. The summed E-state index contributed by atoms with van der Waals surface area (Å²) in [6, 6.07) is 46.5. The Morgan fingerprint density at radius 3 is 1.28 bits per heavy atom. The van der Waals surface area contributed by atoms with Crippen molar-refractivity contribution in [3.8, 4) is 79.3 Å². The SMILES string of the molecule is FC1(F)c2ccc(-c3ccc(-c4nnc(-c5ccccc5)o4)cc3)cc2-c2cc(-c3nc(-c4ccccc4)nc(-c4ccccc4)n3)ccc21. The fraction of sp³-hybridized carbons (Fsp3) is 0.0238. The van der Waals surface area contributed by atoms with Crippen LogP contribution < -0.4 is 0 Å². The lowest BCUT2D eigenvalue weighted by Gasteiger charge is -2.13. The van der Waals surface area contributed by atoms with Crippen molar-refractivity contribution in [1.82, 2.24) is 25.1 Å². The highest BCUT2D eigenvalue weighted by Crippen LogP contribution is 2.52. The number of alkyl halides is 2. The Labute approximate surface area is 285 Å². The normalized spacial score (nSPS) is 12.8. The van der Waals surface area contributed by atoms with Gasteiger partial charge in [-0.25, -0.2) is 15.0 Å². The van der Waals surface area contributed by atoms with E-state index >= 15 is 8.78 Å². The van der Waals surface area contributed by atoms with Gasteiger partial charge in [0.2, 0.25) is 11.8 Å². The fourth-order valence-electron chi connectivity index (χ4n) is 6.33. The molecular weight excluding hydrogens is 628 g/mol. The Kier molecular flexibility index (Phi) is 6.95. The summed E-state index contributed by atoms with van der Waals surface area (Å²) in [7, 11) is 0. The first-order chi connectivity index (χ1) is 24.5. The highest BCUT2D eigenvalue weighted by atomic mass is 19.3. The lowest BCUT2D eigenvalue weighted by Crippen LogP contribution is -2.10. The number of rotatable bonds is 6. The predicted molar refractivity (Wildman–Crippen MR) is 189 cm³/mol. The van der Waals surface area contributed by atoms with Crippen molar-refractivity contribution in [1.29, 1.82) is 0 Å². The van der Waals surface area contributed by atoms with Crippen molar-refractivity contribution in [3.05, 3.63) is 163 Å². The van der Waals surface area contributed by atoms with Gasteiger partial charge in [0, 0.05) is 38.9 Å². The van der Waals surface area contributed by atoms with E-state index < -0.39 is 5.92 Å². The number of fused-ring (bicyclic) bond motifs is 3. The Morgan fingerprint density at radius 2 is 0.760 bits per heavy atom.